The highest BCUT2D eigenvalue weighted by Crippen LogP contribution is 2.27. The summed E-state index contributed by atoms with van der Waals surface area (Å²) in [6.45, 7) is -1.71. The van der Waals surface area contributed by atoms with E-state index in [0.29, 0.717) is 10.4 Å². The van der Waals surface area contributed by atoms with E-state index in [-0.39, 0.29) is 13.1 Å². The van der Waals surface area contributed by atoms with Gasteiger partial charge in [-0.05, 0) is 12.1 Å². The van der Waals surface area contributed by atoms with Crippen molar-refractivity contribution in [1.82, 2.24) is 4.31 Å². The summed E-state index contributed by atoms with van der Waals surface area (Å²) in [7, 11) is -4.31. The predicted octanol–water partition coefficient (Wildman–Crippen LogP) is -0.291. The Hall–Kier alpha value is -1.62. The molecule has 0 aromatic heterocycles. The maximum absolute atomic E-state index is 13.0. The van der Waals surface area contributed by atoms with Crippen molar-refractivity contribution in [3.05, 3.63) is 34.1 Å². The Morgan fingerprint density at radius 2 is 1.80 bits per heavy atom. The third kappa shape index (κ3) is 3.48. The van der Waals surface area contributed by atoms with Gasteiger partial charge in [0.15, 0.2) is 4.90 Å². The van der Waals surface area contributed by atoms with E-state index in [1.54, 1.807) is 0 Å². The molecule has 0 unspecified atom stereocenters. The smallest absolute Gasteiger partial charge is 0.292 e. The van der Waals surface area contributed by atoms with Gasteiger partial charge in [0.2, 0.25) is 10.0 Å². The number of nitro benzene ring substituents is 1. The van der Waals surface area contributed by atoms with Crippen molar-refractivity contribution in [2.45, 2.75) is 4.90 Å². The van der Waals surface area contributed by atoms with Gasteiger partial charge in [-0.3, -0.25) is 10.1 Å². The minimum absolute atomic E-state index is 0.336. The van der Waals surface area contributed by atoms with E-state index >= 15 is 0 Å². The van der Waals surface area contributed by atoms with Crippen LogP contribution in [0, 0.1) is 15.9 Å². The second-order valence-electron chi connectivity index (χ2n) is 3.72. The molecule has 8 nitrogen and oxygen atoms in total. The highest BCUT2D eigenvalue weighted by Gasteiger charge is 2.31. The first-order valence-electron chi connectivity index (χ1n) is 5.50. The van der Waals surface area contributed by atoms with Gasteiger partial charge in [-0.2, -0.15) is 4.31 Å². The molecule has 0 radical (unpaired) electrons. The van der Waals surface area contributed by atoms with Crippen molar-refractivity contribution < 1.29 is 27.9 Å². The Morgan fingerprint density at radius 3 is 2.25 bits per heavy atom. The van der Waals surface area contributed by atoms with Gasteiger partial charge in [0.1, 0.15) is 5.82 Å². The number of aliphatic hydroxyl groups excluding tert-OH is 2. The average Bonchev–Trinajstić information content (AvgIpc) is 2.38. The molecule has 1 rings (SSSR count). The molecule has 1 aromatic carbocycles. The summed E-state index contributed by atoms with van der Waals surface area (Å²) in [6, 6.07) is 2.07. The van der Waals surface area contributed by atoms with E-state index in [4.69, 9.17) is 10.2 Å². The predicted molar refractivity (Wildman–Crippen MR) is 66.0 cm³/mol. The van der Waals surface area contributed by atoms with Crippen molar-refractivity contribution in [3.63, 3.8) is 0 Å². The average molecular weight is 308 g/mol. The Kier molecular flexibility index (Phi) is 5.51. The molecular weight excluding hydrogens is 295 g/mol. The van der Waals surface area contributed by atoms with Gasteiger partial charge < -0.3 is 10.2 Å². The summed E-state index contributed by atoms with van der Waals surface area (Å²) in [5, 5.41) is 28.4. The molecule has 0 saturated carbocycles. The normalized spacial score (nSPS) is 11.8. The molecule has 0 fully saturated rings. The van der Waals surface area contributed by atoms with E-state index in [9.17, 15) is 22.9 Å². The SMILES string of the molecule is O=[N+]([O-])c1cc(F)ccc1S(=O)(=O)N(CCO)CCO. The quantitative estimate of drug-likeness (QED) is 0.527. The minimum Gasteiger partial charge on any atom is -0.395 e. The number of hydrogen-bond acceptors (Lipinski definition) is 6. The van der Waals surface area contributed by atoms with Crippen LogP contribution in [0.15, 0.2) is 23.1 Å². The second kappa shape index (κ2) is 6.70. The number of rotatable bonds is 7. The molecule has 0 aliphatic heterocycles. The zero-order chi connectivity index (χ0) is 15.3. The topological polar surface area (TPSA) is 121 Å². The van der Waals surface area contributed by atoms with E-state index in [1.807, 2.05) is 0 Å². The highest BCUT2D eigenvalue weighted by molar-refractivity contribution is 7.89. The summed E-state index contributed by atoms with van der Waals surface area (Å²) in [5.41, 5.74) is -0.897. The molecule has 1 aromatic rings. The molecule has 2 N–H and O–H groups in total. The number of sulfonamides is 1. The molecule has 112 valence electrons. The van der Waals surface area contributed by atoms with Crippen molar-refractivity contribution in [3.8, 4) is 0 Å². The second-order valence-corrected chi connectivity index (χ2v) is 5.63. The lowest BCUT2D eigenvalue weighted by Crippen LogP contribution is -2.36. The third-order valence-electron chi connectivity index (χ3n) is 2.43. The first kappa shape index (κ1) is 16.4. The fourth-order valence-corrected chi connectivity index (χ4v) is 3.13. The summed E-state index contributed by atoms with van der Waals surface area (Å²) in [6.07, 6.45) is 0. The van der Waals surface area contributed by atoms with Crippen molar-refractivity contribution in [1.29, 1.82) is 0 Å². The zero-order valence-electron chi connectivity index (χ0n) is 10.3. The molecule has 10 heteroatoms. The lowest BCUT2D eigenvalue weighted by atomic mass is 10.3. The fourth-order valence-electron chi connectivity index (χ4n) is 1.57. The molecule has 0 saturated heterocycles. The van der Waals surface area contributed by atoms with Crippen molar-refractivity contribution >= 4 is 15.7 Å². The molecule has 0 spiro atoms. The van der Waals surface area contributed by atoms with Crippen LogP contribution in [0.25, 0.3) is 0 Å². The third-order valence-corrected chi connectivity index (χ3v) is 4.38. The van der Waals surface area contributed by atoms with Crippen LogP contribution in [0.5, 0.6) is 0 Å². The minimum atomic E-state index is -4.31. The number of aliphatic hydroxyl groups is 2. The largest absolute Gasteiger partial charge is 0.395 e. The van der Waals surface area contributed by atoms with Crippen LogP contribution in [-0.4, -0.2) is 54.2 Å². The lowest BCUT2D eigenvalue weighted by molar-refractivity contribution is -0.388. The van der Waals surface area contributed by atoms with E-state index in [1.165, 1.54) is 0 Å². The number of nitrogens with zero attached hydrogens (tertiary/aromatic N) is 2. The van der Waals surface area contributed by atoms with Gasteiger partial charge in [0, 0.05) is 13.1 Å². The number of nitro groups is 1. The van der Waals surface area contributed by atoms with Crippen LogP contribution in [0.1, 0.15) is 0 Å². The molecule has 0 aliphatic carbocycles. The Morgan fingerprint density at radius 1 is 1.25 bits per heavy atom. The molecule has 0 aliphatic rings. The van der Waals surface area contributed by atoms with Gasteiger partial charge in [0.25, 0.3) is 5.69 Å². The van der Waals surface area contributed by atoms with Crippen LogP contribution in [0.3, 0.4) is 0 Å². The van der Waals surface area contributed by atoms with Crippen LogP contribution < -0.4 is 0 Å². The van der Waals surface area contributed by atoms with Crippen molar-refractivity contribution in [2.75, 3.05) is 26.3 Å². The molecule has 0 heterocycles. The van der Waals surface area contributed by atoms with Crippen LogP contribution in [0.2, 0.25) is 0 Å². The number of hydrogen-bond donors (Lipinski definition) is 2. The van der Waals surface area contributed by atoms with Gasteiger partial charge in [-0.25, -0.2) is 12.8 Å². The van der Waals surface area contributed by atoms with Gasteiger partial charge in [0.05, 0.1) is 24.2 Å². The molecule has 0 atom stereocenters. The summed E-state index contributed by atoms with van der Waals surface area (Å²) >= 11 is 0. The maximum atomic E-state index is 13.0. The maximum Gasteiger partial charge on any atom is 0.292 e. The van der Waals surface area contributed by atoms with Gasteiger partial charge in [-0.1, -0.05) is 0 Å². The van der Waals surface area contributed by atoms with Crippen molar-refractivity contribution in [2.24, 2.45) is 0 Å². The molecule has 0 bridgehead atoms. The highest BCUT2D eigenvalue weighted by atomic mass is 32.2. The van der Waals surface area contributed by atoms with Gasteiger partial charge >= 0.3 is 0 Å². The lowest BCUT2D eigenvalue weighted by Gasteiger charge is -2.20. The number of halogens is 1. The Balaban J connectivity index is 3.36. The molecular formula is C10H13FN2O6S. The van der Waals surface area contributed by atoms with Crippen LogP contribution >= 0.6 is 0 Å². The Bertz CT molecular complexity index is 585. The first-order valence-corrected chi connectivity index (χ1v) is 6.94. The van der Waals surface area contributed by atoms with Gasteiger partial charge in [-0.15, -0.1) is 0 Å². The van der Waals surface area contributed by atoms with Crippen LogP contribution in [-0.2, 0) is 10.0 Å². The monoisotopic (exact) mass is 308 g/mol. The zero-order valence-corrected chi connectivity index (χ0v) is 11.1. The summed E-state index contributed by atoms with van der Waals surface area (Å²) in [5.74, 6) is -0.938. The van der Waals surface area contributed by atoms with Crippen LogP contribution in [0.4, 0.5) is 10.1 Å². The van der Waals surface area contributed by atoms with E-state index in [0.717, 1.165) is 12.1 Å². The first-order chi connectivity index (χ1) is 9.34. The van der Waals surface area contributed by atoms with E-state index < -0.39 is 44.6 Å². The molecule has 0 amide bonds. The molecule has 20 heavy (non-hydrogen) atoms. The standard InChI is InChI=1S/C10H13FN2O6S/c11-8-1-2-10(9(7-8)13(16)17)20(18,19)12(3-5-14)4-6-15/h1-2,7,14-15H,3-6H2. The number of benzene rings is 1. The summed E-state index contributed by atoms with van der Waals surface area (Å²) in [4.78, 5) is 9.12. The summed E-state index contributed by atoms with van der Waals surface area (Å²) < 4.78 is 38.1. The van der Waals surface area contributed by atoms with E-state index in [2.05, 4.69) is 0 Å². The Labute approximate surface area is 114 Å². The fraction of sp³-hybridized carbons (Fsp3) is 0.400.